The minimum atomic E-state index is 0.252. The lowest BCUT2D eigenvalue weighted by atomic mass is 9.61. The van der Waals surface area contributed by atoms with Gasteiger partial charge in [-0.2, -0.15) is 0 Å². The van der Waals surface area contributed by atoms with E-state index in [1.54, 1.807) is 0 Å². The molecule has 1 unspecified atom stereocenters. The van der Waals surface area contributed by atoms with Crippen LogP contribution in [0.15, 0.2) is 0 Å². The molecule has 2 rings (SSSR count). The summed E-state index contributed by atoms with van der Waals surface area (Å²) >= 11 is 0. The highest BCUT2D eigenvalue weighted by Crippen LogP contribution is 2.48. The number of hydrogen-bond acceptors (Lipinski definition) is 2. The summed E-state index contributed by atoms with van der Waals surface area (Å²) in [7, 11) is 0. The SMILES string of the molecule is CCN(C1CCCCC1)C1(CN)CCCCC1(C)C. The fourth-order valence-electron chi connectivity index (χ4n) is 4.89. The van der Waals surface area contributed by atoms with E-state index in [-0.39, 0.29) is 5.54 Å². The van der Waals surface area contributed by atoms with Gasteiger partial charge in [0.1, 0.15) is 0 Å². The lowest BCUT2D eigenvalue weighted by Crippen LogP contribution is -2.66. The highest BCUT2D eigenvalue weighted by atomic mass is 15.2. The predicted molar refractivity (Wildman–Crippen MR) is 83.3 cm³/mol. The number of rotatable bonds is 4. The Morgan fingerprint density at radius 1 is 1.00 bits per heavy atom. The molecule has 2 aliphatic carbocycles. The van der Waals surface area contributed by atoms with Crippen LogP contribution in [0.4, 0.5) is 0 Å². The number of likely N-dealkylation sites (N-methyl/N-ethyl adjacent to an activating group) is 1. The van der Waals surface area contributed by atoms with E-state index in [0.29, 0.717) is 5.41 Å². The van der Waals surface area contributed by atoms with E-state index in [0.717, 1.165) is 12.6 Å². The minimum Gasteiger partial charge on any atom is -0.329 e. The van der Waals surface area contributed by atoms with Gasteiger partial charge in [0.05, 0.1) is 0 Å². The van der Waals surface area contributed by atoms with Crippen LogP contribution in [0.1, 0.15) is 78.6 Å². The van der Waals surface area contributed by atoms with Gasteiger partial charge in [0.25, 0.3) is 0 Å². The molecule has 0 aliphatic heterocycles. The van der Waals surface area contributed by atoms with E-state index in [1.165, 1.54) is 64.3 Å². The van der Waals surface area contributed by atoms with Gasteiger partial charge < -0.3 is 5.73 Å². The van der Waals surface area contributed by atoms with Crippen LogP contribution in [0.2, 0.25) is 0 Å². The third-order valence-corrected chi connectivity index (χ3v) is 6.15. The summed E-state index contributed by atoms with van der Waals surface area (Å²) in [5.41, 5.74) is 6.98. The molecule has 2 nitrogen and oxygen atoms in total. The maximum absolute atomic E-state index is 6.36. The Labute approximate surface area is 120 Å². The van der Waals surface area contributed by atoms with Gasteiger partial charge in [-0.15, -0.1) is 0 Å². The Morgan fingerprint density at radius 2 is 1.63 bits per heavy atom. The highest BCUT2D eigenvalue weighted by molar-refractivity contribution is 5.06. The van der Waals surface area contributed by atoms with Gasteiger partial charge in [-0.1, -0.05) is 52.9 Å². The van der Waals surface area contributed by atoms with Crippen molar-refractivity contribution in [2.45, 2.75) is 90.1 Å². The summed E-state index contributed by atoms with van der Waals surface area (Å²) in [6, 6.07) is 0.791. The first-order valence-electron chi connectivity index (χ1n) is 8.54. The van der Waals surface area contributed by atoms with Crippen LogP contribution >= 0.6 is 0 Å². The Hall–Kier alpha value is -0.0800. The first-order chi connectivity index (χ1) is 9.07. The average molecular weight is 266 g/mol. The van der Waals surface area contributed by atoms with E-state index in [4.69, 9.17) is 5.73 Å². The predicted octanol–water partition coefficient (Wildman–Crippen LogP) is 3.94. The van der Waals surface area contributed by atoms with Crippen LogP contribution in [0.25, 0.3) is 0 Å². The van der Waals surface area contributed by atoms with Gasteiger partial charge >= 0.3 is 0 Å². The number of nitrogens with two attached hydrogens (primary N) is 1. The molecule has 2 saturated carbocycles. The minimum absolute atomic E-state index is 0.252. The molecule has 2 aliphatic rings. The summed E-state index contributed by atoms with van der Waals surface area (Å²) in [4.78, 5) is 2.82. The normalized spacial score (nSPS) is 32.7. The standard InChI is InChI=1S/C17H34N2/c1-4-19(15-10-6-5-7-11-15)17(14-18)13-9-8-12-16(17,2)3/h15H,4-14,18H2,1-3H3. The largest absolute Gasteiger partial charge is 0.329 e. The zero-order valence-electron chi connectivity index (χ0n) is 13.4. The zero-order chi connectivity index (χ0) is 13.9. The molecular formula is C17H34N2. The van der Waals surface area contributed by atoms with Gasteiger partial charge in [-0.3, -0.25) is 4.90 Å². The summed E-state index contributed by atoms with van der Waals surface area (Å²) in [6.07, 6.45) is 12.5. The Balaban J connectivity index is 2.25. The second-order valence-corrected chi connectivity index (χ2v) is 7.40. The molecule has 0 saturated heterocycles. The quantitative estimate of drug-likeness (QED) is 0.835. The molecule has 2 heteroatoms. The average Bonchev–Trinajstić information content (AvgIpc) is 2.42. The molecule has 0 spiro atoms. The molecule has 1 atom stereocenters. The molecule has 2 fully saturated rings. The van der Waals surface area contributed by atoms with Crippen molar-refractivity contribution >= 4 is 0 Å². The molecule has 0 amide bonds. The second-order valence-electron chi connectivity index (χ2n) is 7.40. The molecule has 0 aromatic rings. The van der Waals surface area contributed by atoms with Crippen molar-refractivity contribution < 1.29 is 0 Å². The maximum atomic E-state index is 6.36. The first-order valence-corrected chi connectivity index (χ1v) is 8.54. The molecular weight excluding hydrogens is 232 g/mol. The number of nitrogens with zero attached hydrogens (tertiary/aromatic N) is 1. The van der Waals surface area contributed by atoms with Crippen molar-refractivity contribution in [2.24, 2.45) is 11.1 Å². The van der Waals surface area contributed by atoms with E-state index in [9.17, 15) is 0 Å². The molecule has 112 valence electrons. The molecule has 0 aromatic heterocycles. The monoisotopic (exact) mass is 266 g/mol. The van der Waals surface area contributed by atoms with Gasteiger partial charge in [0.2, 0.25) is 0 Å². The fourth-order valence-corrected chi connectivity index (χ4v) is 4.89. The summed E-state index contributed by atoms with van der Waals surface area (Å²) < 4.78 is 0. The van der Waals surface area contributed by atoms with E-state index in [2.05, 4.69) is 25.7 Å². The maximum Gasteiger partial charge on any atom is 0.0385 e. The topological polar surface area (TPSA) is 29.3 Å². The van der Waals surface area contributed by atoms with Crippen LogP contribution < -0.4 is 5.73 Å². The van der Waals surface area contributed by atoms with Crippen molar-refractivity contribution in [3.63, 3.8) is 0 Å². The smallest absolute Gasteiger partial charge is 0.0385 e. The van der Waals surface area contributed by atoms with Gasteiger partial charge in [-0.05, 0) is 37.6 Å². The van der Waals surface area contributed by atoms with Crippen LogP contribution in [0.5, 0.6) is 0 Å². The molecule has 19 heavy (non-hydrogen) atoms. The van der Waals surface area contributed by atoms with E-state index >= 15 is 0 Å². The third-order valence-electron chi connectivity index (χ3n) is 6.15. The van der Waals surface area contributed by atoms with Crippen molar-refractivity contribution in [2.75, 3.05) is 13.1 Å². The molecule has 0 heterocycles. The van der Waals surface area contributed by atoms with Gasteiger partial charge in [-0.25, -0.2) is 0 Å². The summed E-state index contributed by atoms with van der Waals surface area (Å²) in [5.74, 6) is 0. The summed E-state index contributed by atoms with van der Waals surface area (Å²) in [5, 5.41) is 0. The second kappa shape index (κ2) is 6.13. The van der Waals surface area contributed by atoms with Crippen LogP contribution in [-0.2, 0) is 0 Å². The highest BCUT2D eigenvalue weighted by Gasteiger charge is 2.50. The lowest BCUT2D eigenvalue weighted by Gasteiger charge is -2.58. The molecule has 0 radical (unpaired) electrons. The van der Waals surface area contributed by atoms with Crippen molar-refractivity contribution in [1.29, 1.82) is 0 Å². The van der Waals surface area contributed by atoms with Crippen LogP contribution in [0.3, 0.4) is 0 Å². The number of hydrogen-bond donors (Lipinski definition) is 1. The van der Waals surface area contributed by atoms with E-state index in [1.807, 2.05) is 0 Å². The van der Waals surface area contributed by atoms with Crippen molar-refractivity contribution in [3.8, 4) is 0 Å². The third kappa shape index (κ3) is 2.71. The molecule has 2 N–H and O–H groups in total. The lowest BCUT2D eigenvalue weighted by molar-refractivity contribution is -0.0720. The van der Waals surface area contributed by atoms with Crippen LogP contribution in [0, 0.1) is 5.41 Å². The molecule has 0 aromatic carbocycles. The summed E-state index contributed by atoms with van der Waals surface area (Å²) in [6.45, 7) is 9.28. The van der Waals surface area contributed by atoms with Crippen LogP contribution in [-0.4, -0.2) is 29.6 Å². The molecule has 0 bridgehead atoms. The Morgan fingerprint density at radius 3 is 2.16 bits per heavy atom. The zero-order valence-corrected chi connectivity index (χ0v) is 13.4. The first kappa shape index (κ1) is 15.3. The van der Waals surface area contributed by atoms with E-state index < -0.39 is 0 Å². The Kier molecular flexibility index (Phi) is 4.94. The van der Waals surface area contributed by atoms with Gasteiger partial charge in [0.15, 0.2) is 0 Å². The van der Waals surface area contributed by atoms with Crippen molar-refractivity contribution in [1.82, 2.24) is 4.90 Å². The van der Waals surface area contributed by atoms with Crippen molar-refractivity contribution in [3.05, 3.63) is 0 Å². The van der Waals surface area contributed by atoms with Gasteiger partial charge in [0, 0.05) is 18.1 Å². The fraction of sp³-hybridized carbons (Fsp3) is 1.00. The Bertz CT molecular complexity index is 281.